The summed E-state index contributed by atoms with van der Waals surface area (Å²) >= 11 is 0. The molecule has 0 aromatic heterocycles. The van der Waals surface area contributed by atoms with Crippen molar-refractivity contribution in [2.24, 2.45) is 11.8 Å². The number of hydrogen-bond donors (Lipinski definition) is 5. The van der Waals surface area contributed by atoms with E-state index in [1.165, 1.54) is 17.0 Å². The minimum Gasteiger partial charge on any atom is -0.376 e. The number of nitrogens with one attached hydrogen (secondary N) is 5. The second kappa shape index (κ2) is 17.4. The average Bonchev–Trinajstić information content (AvgIpc) is 3.62. The summed E-state index contributed by atoms with van der Waals surface area (Å²) < 4.78 is 13.8. The maximum Gasteiger partial charge on any atom is 0.246 e. The molecule has 2 aromatic rings. The maximum atomic E-state index is 14.3. The number of hydrogen-bond acceptors (Lipinski definition) is 6. The summed E-state index contributed by atoms with van der Waals surface area (Å²) in [7, 11) is 0. The molecule has 0 spiro atoms. The Bertz CT molecular complexity index is 1510. The van der Waals surface area contributed by atoms with Gasteiger partial charge in [-0.25, -0.2) is 4.39 Å². The van der Waals surface area contributed by atoms with Crippen LogP contribution >= 0.6 is 0 Å². The number of carbonyl (C=O) groups is 5. The van der Waals surface area contributed by atoms with E-state index in [1.807, 2.05) is 38.1 Å². The summed E-state index contributed by atoms with van der Waals surface area (Å²) in [5.41, 5.74) is 2.12. The molecule has 2 aliphatic heterocycles. The van der Waals surface area contributed by atoms with Gasteiger partial charge in [-0.1, -0.05) is 76.6 Å². The van der Waals surface area contributed by atoms with Crippen molar-refractivity contribution in [2.45, 2.75) is 109 Å². The zero-order valence-electron chi connectivity index (χ0n) is 29.1. The Labute approximate surface area is 293 Å². The van der Waals surface area contributed by atoms with Gasteiger partial charge in [-0.2, -0.15) is 0 Å². The lowest BCUT2D eigenvalue weighted by Crippen LogP contribution is -2.59. The maximum absolute atomic E-state index is 14.3. The van der Waals surface area contributed by atoms with Crippen molar-refractivity contribution in [3.05, 3.63) is 65.5 Å². The van der Waals surface area contributed by atoms with Crippen molar-refractivity contribution in [2.75, 3.05) is 18.4 Å². The standard InChI is InChI=1S/C38H51FN6O5/c1-3-24(2)34-37(49)42-30(20-25-9-5-4-6-10-25)35(47)43-31(21-26-14-16-28(39)17-15-26)38(50)45-18-8-13-32(45)36(48)41-22-27-11-7-12-29(19-27)40-23-33(46)44-34/h7,11-12,14-17,19,24-25,30-32,34,40H,3-6,8-10,13,18,20-23H2,1-2H3,(H,41,48)(H,42,49)(H,43,47)(H,44,46)/t24-,30-,31-,32-,34-/m0/s1. The zero-order chi connectivity index (χ0) is 35.6. The second-order valence-corrected chi connectivity index (χ2v) is 14.1. The zero-order valence-corrected chi connectivity index (χ0v) is 29.1. The number of rotatable bonds is 6. The molecular formula is C38H51FN6O5. The number of carbonyl (C=O) groups excluding carboxylic acids is 5. The van der Waals surface area contributed by atoms with Crippen LogP contribution in [0.4, 0.5) is 10.1 Å². The third-order valence-corrected chi connectivity index (χ3v) is 10.4. The minimum atomic E-state index is -1.06. The normalized spacial score (nSPS) is 25.3. The molecule has 5 N–H and O–H groups in total. The molecule has 2 heterocycles. The van der Waals surface area contributed by atoms with Gasteiger partial charge < -0.3 is 31.5 Å². The summed E-state index contributed by atoms with van der Waals surface area (Å²) in [6.45, 7) is 4.31. The molecule has 2 bridgehead atoms. The lowest BCUT2D eigenvalue weighted by atomic mass is 9.84. The van der Waals surface area contributed by atoms with Gasteiger partial charge in [0.25, 0.3) is 0 Å². The Hall–Kier alpha value is -4.48. The van der Waals surface area contributed by atoms with Gasteiger partial charge in [0.05, 0.1) is 6.54 Å². The highest BCUT2D eigenvalue weighted by molar-refractivity contribution is 5.96. The van der Waals surface area contributed by atoms with Gasteiger partial charge in [0.15, 0.2) is 0 Å². The Morgan fingerprint density at radius 1 is 0.800 bits per heavy atom. The van der Waals surface area contributed by atoms with Crippen LogP contribution in [0.3, 0.4) is 0 Å². The highest BCUT2D eigenvalue weighted by atomic mass is 19.1. The number of anilines is 1. The SMILES string of the molecule is CC[C@H](C)[C@@H]1NC(=O)CNc2cccc(c2)CNC(=O)[C@@H]2CCCN2C(=O)[C@H](Cc2ccc(F)cc2)NC(=O)[C@H](CC2CCCCC2)NC1=O. The molecule has 5 rings (SSSR count). The fourth-order valence-corrected chi connectivity index (χ4v) is 7.29. The topological polar surface area (TPSA) is 149 Å². The molecule has 1 saturated carbocycles. The van der Waals surface area contributed by atoms with Gasteiger partial charge in [-0.3, -0.25) is 24.0 Å². The number of amides is 5. The first-order valence-corrected chi connectivity index (χ1v) is 18.2. The van der Waals surface area contributed by atoms with Gasteiger partial charge in [-0.05, 0) is 66.5 Å². The Morgan fingerprint density at radius 2 is 1.54 bits per heavy atom. The molecule has 0 unspecified atom stereocenters. The third-order valence-electron chi connectivity index (χ3n) is 10.4. The molecular weight excluding hydrogens is 639 g/mol. The Balaban J connectivity index is 1.48. The van der Waals surface area contributed by atoms with Crippen molar-refractivity contribution in [1.82, 2.24) is 26.2 Å². The molecule has 3 aliphatic rings. The number of fused-ring (bicyclic) bond motifs is 3. The smallest absolute Gasteiger partial charge is 0.246 e. The van der Waals surface area contributed by atoms with Crippen LogP contribution in [0.2, 0.25) is 0 Å². The molecule has 1 aliphatic carbocycles. The van der Waals surface area contributed by atoms with Gasteiger partial charge in [-0.15, -0.1) is 0 Å². The van der Waals surface area contributed by atoms with Gasteiger partial charge in [0, 0.05) is 25.2 Å². The fourth-order valence-electron chi connectivity index (χ4n) is 7.29. The van der Waals surface area contributed by atoms with Crippen LogP contribution < -0.4 is 26.6 Å². The third kappa shape index (κ3) is 9.82. The predicted octanol–water partition coefficient (Wildman–Crippen LogP) is 3.57. The highest BCUT2D eigenvalue weighted by Crippen LogP contribution is 2.28. The van der Waals surface area contributed by atoms with E-state index in [0.29, 0.717) is 43.5 Å². The number of halogens is 1. The monoisotopic (exact) mass is 690 g/mol. The van der Waals surface area contributed by atoms with E-state index >= 15 is 0 Å². The first-order valence-electron chi connectivity index (χ1n) is 18.2. The molecule has 50 heavy (non-hydrogen) atoms. The lowest BCUT2D eigenvalue weighted by Gasteiger charge is -2.32. The summed E-state index contributed by atoms with van der Waals surface area (Å²) in [6.07, 6.45) is 7.25. The number of nitrogens with zero attached hydrogens (tertiary/aromatic N) is 1. The van der Waals surface area contributed by atoms with Gasteiger partial charge in [0.2, 0.25) is 29.5 Å². The first-order chi connectivity index (χ1) is 24.1. The van der Waals surface area contributed by atoms with Crippen molar-refractivity contribution in [3.63, 3.8) is 0 Å². The van der Waals surface area contributed by atoms with Crippen LogP contribution in [-0.4, -0.2) is 71.7 Å². The van der Waals surface area contributed by atoms with Crippen molar-refractivity contribution >= 4 is 35.2 Å². The molecule has 12 heteroatoms. The van der Waals surface area contributed by atoms with Gasteiger partial charge >= 0.3 is 0 Å². The van der Waals surface area contributed by atoms with Crippen LogP contribution in [0, 0.1) is 17.7 Å². The van der Waals surface area contributed by atoms with E-state index in [4.69, 9.17) is 0 Å². The van der Waals surface area contributed by atoms with Crippen molar-refractivity contribution < 1.29 is 28.4 Å². The molecule has 1 saturated heterocycles. The summed E-state index contributed by atoms with van der Waals surface area (Å²) in [5.74, 6) is -2.48. The second-order valence-electron chi connectivity index (χ2n) is 14.1. The van der Waals surface area contributed by atoms with Crippen molar-refractivity contribution in [1.29, 1.82) is 0 Å². The Kier molecular flexibility index (Phi) is 12.8. The average molecular weight is 691 g/mol. The summed E-state index contributed by atoms with van der Waals surface area (Å²) in [6, 6.07) is 9.47. The number of benzene rings is 2. The largest absolute Gasteiger partial charge is 0.376 e. The van der Waals surface area contributed by atoms with E-state index in [9.17, 15) is 28.4 Å². The predicted molar refractivity (Wildman–Crippen MR) is 188 cm³/mol. The molecule has 2 fully saturated rings. The molecule has 11 nitrogen and oxygen atoms in total. The van der Waals surface area contributed by atoms with E-state index < -0.39 is 47.7 Å². The van der Waals surface area contributed by atoms with Crippen LogP contribution in [0.1, 0.15) is 82.8 Å². The minimum absolute atomic E-state index is 0.0745. The lowest BCUT2D eigenvalue weighted by molar-refractivity contribution is -0.142. The first kappa shape index (κ1) is 36.8. The van der Waals surface area contributed by atoms with E-state index in [2.05, 4.69) is 26.6 Å². The molecule has 2 aromatic carbocycles. The van der Waals surface area contributed by atoms with E-state index in [-0.39, 0.29) is 43.2 Å². The molecule has 5 atom stereocenters. The summed E-state index contributed by atoms with van der Waals surface area (Å²) in [5, 5.41) is 14.8. The molecule has 0 radical (unpaired) electrons. The fraction of sp³-hybridized carbons (Fsp3) is 0.553. The van der Waals surface area contributed by atoms with Crippen LogP contribution in [0.15, 0.2) is 48.5 Å². The Morgan fingerprint density at radius 3 is 2.28 bits per heavy atom. The molecule has 270 valence electrons. The van der Waals surface area contributed by atoms with Crippen LogP contribution in [-0.2, 0) is 36.9 Å². The molecule has 5 amide bonds. The summed E-state index contributed by atoms with van der Waals surface area (Å²) in [4.78, 5) is 70.7. The van der Waals surface area contributed by atoms with E-state index in [0.717, 1.165) is 37.7 Å². The van der Waals surface area contributed by atoms with Crippen LogP contribution in [0.25, 0.3) is 0 Å². The van der Waals surface area contributed by atoms with Crippen LogP contribution in [0.5, 0.6) is 0 Å². The van der Waals surface area contributed by atoms with E-state index in [1.54, 1.807) is 12.1 Å². The highest BCUT2D eigenvalue weighted by Gasteiger charge is 2.39. The van der Waals surface area contributed by atoms with Crippen molar-refractivity contribution in [3.8, 4) is 0 Å². The van der Waals surface area contributed by atoms with Gasteiger partial charge in [0.1, 0.15) is 30.0 Å². The quantitative estimate of drug-likeness (QED) is 0.313.